The van der Waals surface area contributed by atoms with Crippen LogP contribution in [0.15, 0.2) is 34.9 Å². The van der Waals surface area contributed by atoms with E-state index in [2.05, 4.69) is 26.3 Å². The number of carbonyl (C=O) groups is 2. The van der Waals surface area contributed by atoms with Gasteiger partial charge >= 0.3 is 5.97 Å². The van der Waals surface area contributed by atoms with Gasteiger partial charge in [-0.15, -0.1) is 11.8 Å². The van der Waals surface area contributed by atoms with E-state index in [1.165, 1.54) is 18.0 Å². The first-order valence-corrected chi connectivity index (χ1v) is 8.82. The van der Waals surface area contributed by atoms with Gasteiger partial charge in [-0.2, -0.15) is 5.10 Å². The zero-order valence-corrected chi connectivity index (χ0v) is 14.9. The number of nitrogens with one attached hydrogen (secondary N) is 1. The topological polar surface area (TPSA) is 84.2 Å². The van der Waals surface area contributed by atoms with Crippen LogP contribution in [0.25, 0.3) is 5.69 Å². The van der Waals surface area contributed by atoms with Gasteiger partial charge < -0.3 is 10.4 Å². The molecule has 0 atom stereocenters. The van der Waals surface area contributed by atoms with Crippen LogP contribution in [0.2, 0.25) is 0 Å². The van der Waals surface area contributed by atoms with Crippen LogP contribution in [-0.4, -0.2) is 44.8 Å². The smallest absolute Gasteiger partial charge is 0.313 e. The van der Waals surface area contributed by atoms with Crippen LogP contribution in [0.1, 0.15) is 16.1 Å². The molecule has 0 bridgehead atoms. The van der Waals surface area contributed by atoms with Crippen LogP contribution in [-0.2, 0) is 4.79 Å². The van der Waals surface area contributed by atoms with Gasteiger partial charge in [0.15, 0.2) is 0 Å². The van der Waals surface area contributed by atoms with E-state index in [9.17, 15) is 9.59 Å². The Morgan fingerprint density at radius 2 is 2.22 bits per heavy atom. The number of halogens is 1. The van der Waals surface area contributed by atoms with Crippen molar-refractivity contribution in [3.05, 3.63) is 46.2 Å². The number of hydrogen-bond acceptors (Lipinski definition) is 4. The van der Waals surface area contributed by atoms with Crippen molar-refractivity contribution >= 4 is 39.6 Å². The number of carboxylic acids is 1. The maximum atomic E-state index is 12.2. The number of aliphatic carboxylic acids is 1. The maximum Gasteiger partial charge on any atom is 0.313 e. The maximum absolute atomic E-state index is 12.2. The third-order valence-corrected chi connectivity index (χ3v) is 4.50. The average Bonchev–Trinajstić information content (AvgIpc) is 2.88. The fourth-order valence-corrected chi connectivity index (χ4v) is 2.94. The highest BCUT2D eigenvalue weighted by molar-refractivity contribution is 9.10. The van der Waals surface area contributed by atoms with E-state index in [1.807, 2.05) is 31.2 Å². The molecule has 0 aliphatic carbocycles. The number of amides is 1. The molecule has 6 nitrogen and oxygen atoms in total. The van der Waals surface area contributed by atoms with Crippen LogP contribution < -0.4 is 5.32 Å². The quantitative estimate of drug-likeness (QED) is 0.701. The third kappa shape index (κ3) is 4.84. The Bertz CT molecular complexity index is 718. The van der Waals surface area contributed by atoms with Crippen molar-refractivity contribution < 1.29 is 14.7 Å². The molecular formula is C15H16BrN3O3S. The lowest BCUT2D eigenvalue weighted by molar-refractivity contribution is -0.133. The molecule has 1 amide bonds. The second-order valence-electron chi connectivity index (χ2n) is 4.74. The standard InChI is InChI=1S/C15H16BrN3O3S/c1-10-13(15(22)17-5-6-23-9-14(20)21)8-18-19(10)12-4-2-3-11(16)7-12/h2-4,7-8H,5-6,9H2,1H3,(H,17,22)(H,20,21). The van der Waals surface area contributed by atoms with E-state index in [0.29, 0.717) is 17.9 Å². The SMILES string of the molecule is Cc1c(C(=O)NCCSCC(=O)O)cnn1-c1cccc(Br)c1. The second-order valence-corrected chi connectivity index (χ2v) is 6.76. The highest BCUT2D eigenvalue weighted by Gasteiger charge is 2.14. The number of rotatable bonds is 7. The highest BCUT2D eigenvalue weighted by atomic mass is 79.9. The number of thioether (sulfide) groups is 1. The molecular weight excluding hydrogens is 382 g/mol. The Hall–Kier alpha value is -1.80. The highest BCUT2D eigenvalue weighted by Crippen LogP contribution is 2.18. The average molecular weight is 398 g/mol. The lowest BCUT2D eigenvalue weighted by Gasteiger charge is -2.07. The molecule has 0 unspecified atom stereocenters. The van der Waals surface area contributed by atoms with E-state index < -0.39 is 5.97 Å². The fourth-order valence-electron chi connectivity index (χ4n) is 1.99. The Morgan fingerprint density at radius 3 is 2.91 bits per heavy atom. The summed E-state index contributed by atoms with van der Waals surface area (Å²) in [7, 11) is 0. The minimum Gasteiger partial charge on any atom is -0.481 e. The summed E-state index contributed by atoms with van der Waals surface area (Å²) in [5, 5.41) is 15.6. The molecule has 0 fully saturated rings. The number of carboxylic acid groups (broad SMARTS) is 1. The Balaban J connectivity index is 1.98. The van der Waals surface area contributed by atoms with Crippen molar-refractivity contribution in [2.75, 3.05) is 18.1 Å². The summed E-state index contributed by atoms with van der Waals surface area (Å²) in [5.74, 6) is -0.473. The summed E-state index contributed by atoms with van der Waals surface area (Å²) >= 11 is 4.68. The van der Waals surface area contributed by atoms with E-state index in [0.717, 1.165) is 15.9 Å². The van der Waals surface area contributed by atoms with Gasteiger partial charge in [0, 0.05) is 16.8 Å². The number of carbonyl (C=O) groups excluding carboxylic acids is 1. The van der Waals surface area contributed by atoms with Crippen molar-refractivity contribution in [1.82, 2.24) is 15.1 Å². The van der Waals surface area contributed by atoms with E-state index >= 15 is 0 Å². The second kappa shape index (κ2) is 8.16. The largest absolute Gasteiger partial charge is 0.481 e. The predicted octanol–water partition coefficient (Wildman–Crippen LogP) is 2.49. The number of benzene rings is 1. The minimum atomic E-state index is -0.854. The molecule has 0 saturated carbocycles. The number of aromatic nitrogens is 2. The summed E-state index contributed by atoms with van der Waals surface area (Å²) in [6, 6.07) is 7.66. The molecule has 0 saturated heterocycles. The molecule has 0 aliphatic rings. The van der Waals surface area contributed by atoms with Gasteiger partial charge in [-0.1, -0.05) is 22.0 Å². The van der Waals surface area contributed by atoms with E-state index in [-0.39, 0.29) is 11.7 Å². The van der Waals surface area contributed by atoms with Gasteiger partial charge in [-0.05, 0) is 25.1 Å². The molecule has 1 heterocycles. The molecule has 122 valence electrons. The molecule has 0 aliphatic heterocycles. The van der Waals surface area contributed by atoms with Crippen LogP contribution in [0.3, 0.4) is 0 Å². The predicted molar refractivity (Wildman–Crippen MR) is 93.3 cm³/mol. The fraction of sp³-hybridized carbons (Fsp3) is 0.267. The van der Waals surface area contributed by atoms with Crippen LogP contribution in [0.5, 0.6) is 0 Å². The molecule has 0 spiro atoms. The minimum absolute atomic E-state index is 0.0374. The summed E-state index contributed by atoms with van der Waals surface area (Å²) in [6.45, 7) is 2.25. The first-order chi connectivity index (χ1) is 11.0. The molecule has 2 rings (SSSR count). The Kier molecular flexibility index (Phi) is 6.23. The summed E-state index contributed by atoms with van der Waals surface area (Å²) < 4.78 is 2.64. The number of nitrogens with zero attached hydrogens (tertiary/aromatic N) is 2. The zero-order chi connectivity index (χ0) is 16.8. The third-order valence-electron chi connectivity index (χ3n) is 3.06. The van der Waals surface area contributed by atoms with Gasteiger partial charge in [-0.3, -0.25) is 9.59 Å². The Labute approximate surface area is 146 Å². The molecule has 1 aromatic heterocycles. The van der Waals surface area contributed by atoms with Crippen LogP contribution in [0.4, 0.5) is 0 Å². The van der Waals surface area contributed by atoms with E-state index in [4.69, 9.17) is 5.11 Å². The van der Waals surface area contributed by atoms with Gasteiger partial charge in [0.2, 0.25) is 0 Å². The summed E-state index contributed by atoms with van der Waals surface area (Å²) in [4.78, 5) is 22.6. The van der Waals surface area contributed by atoms with Crippen molar-refractivity contribution in [2.24, 2.45) is 0 Å². The Morgan fingerprint density at radius 1 is 1.43 bits per heavy atom. The van der Waals surface area contributed by atoms with Crippen molar-refractivity contribution in [3.63, 3.8) is 0 Å². The lowest BCUT2D eigenvalue weighted by atomic mass is 10.2. The van der Waals surface area contributed by atoms with Crippen LogP contribution in [0, 0.1) is 6.92 Å². The molecule has 1 aromatic carbocycles. The lowest BCUT2D eigenvalue weighted by Crippen LogP contribution is -2.26. The normalized spacial score (nSPS) is 10.5. The first-order valence-electron chi connectivity index (χ1n) is 6.87. The molecule has 2 aromatic rings. The van der Waals surface area contributed by atoms with E-state index in [1.54, 1.807) is 4.68 Å². The van der Waals surface area contributed by atoms with Gasteiger partial charge in [0.1, 0.15) is 0 Å². The molecule has 2 N–H and O–H groups in total. The van der Waals surface area contributed by atoms with Crippen molar-refractivity contribution in [3.8, 4) is 5.69 Å². The van der Waals surface area contributed by atoms with Gasteiger partial charge in [-0.25, -0.2) is 4.68 Å². The van der Waals surface area contributed by atoms with Crippen LogP contribution >= 0.6 is 27.7 Å². The molecule has 23 heavy (non-hydrogen) atoms. The number of hydrogen-bond donors (Lipinski definition) is 2. The monoisotopic (exact) mass is 397 g/mol. The summed E-state index contributed by atoms with van der Waals surface area (Å²) in [6.07, 6.45) is 1.54. The first kappa shape index (κ1) is 17.6. The van der Waals surface area contributed by atoms with Crippen molar-refractivity contribution in [2.45, 2.75) is 6.92 Å². The van der Waals surface area contributed by atoms with Crippen molar-refractivity contribution in [1.29, 1.82) is 0 Å². The molecule has 0 radical (unpaired) electrons. The zero-order valence-electron chi connectivity index (χ0n) is 12.5. The molecule has 8 heteroatoms. The van der Waals surface area contributed by atoms with Gasteiger partial charge in [0.25, 0.3) is 5.91 Å². The van der Waals surface area contributed by atoms with Gasteiger partial charge in [0.05, 0.1) is 28.9 Å². The summed E-state index contributed by atoms with van der Waals surface area (Å²) in [5.41, 5.74) is 2.12.